The van der Waals surface area contributed by atoms with E-state index in [0.717, 1.165) is 25.7 Å². The van der Waals surface area contributed by atoms with Crippen LogP contribution in [0.4, 0.5) is 0 Å². The van der Waals surface area contributed by atoms with Crippen LogP contribution >= 0.6 is 0 Å². The van der Waals surface area contributed by atoms with Gasteiger partial charge >= 0.3 is 0 Å². The summed E-state index contributed by atoms with van der Waals surface area (Å²) in [6, 6.07) is 0. The van der Waals surface area contributed by atoms with Gasteiger partial charge in [-0.3, -0.25) is 9.59 Å². The molecule has 21 heavy (non-hydrogen) atoms. The smallest absolute Gasteiger partial charge is 0.246 e. The zero-order valence-corrected chi connectivity index (χ0v) is 13.4. The third kappa shape index (κ3) is 3.47. The highest BCUT2D eigenvalue weighted by Gasteiger charge is 2.48. The highest BCUT2D eigenvalue weighted by atomic mass is 16.3. The molecule has 2 aliphatic carbocycles. The van der Waals surface area contributed by atoms with Crippen LogP contribution in [-0.4, -0.2) is 22.9 Å². The molecule has 1 unspecified atom stereocenters. The first-order valence-corrected chi connectivity index (χ1v) is 8.28. The maximum absolute atomic E-state index is 12.5. The summed E-state index contributed by atoms with van der Waals surface area (Å²) in [7, 11) is 0. The van der Waals surface area contributed by atoms with Gasteiger partial charge in [0.2, 0.25) is 5.91 Å². The van der Waals surface area contributed by atoms with E-state index in [9.17, 15) is 14.7 Å². The first-order chi connectivity index (χ1) is 9.78. The van der Waals surface area contributed by atoms with Gasteiger partial charge in [0, 0.05) is 17.8 Å². The Bertz CT molecular complexity index is 408. The minimum absolute atomic E-state index is 0.00523. The van der Waals surface area contributed by atoms with Crippen LogP contribution < -0.4 is 5.73 Å². The van der Waals surface area contributed by atoms with Crippen LogP contribution in [-0.2, 0) is 9.59 Å². The summed E-state index contributed by atoms with van der Waals surface area (Å²) in [5, 5.41) is 10.0. The Morgan fingerprint density at radius 3 is 2.14 bits per heavy atom. The Kier molecular flexibility index (Phi) is 4.76. The zero-order valence-electron chi connectivity index (χ0n) is 13.4. The predicted octanol–water partition coefficient (Wildman–Crippen LogP) is 2.57. The highest BCUT2D eigenvalue weighted by molar-refractivity contribution is 5.84. The van der Waals surface area contributed by atoms with Gasteiger partial charge in [0.1, 0.15) is 11.9 Å². The number of aliphatic hydroxyl groups is 1. The molecule has 4 nitrogen and oxygen atoms in total. The van der Waals surface area contributed by atoms with Gasteiger partial charge in [-0.15, -0.1) is 0 Å². The van der Waals surface area contributed by atoms with Crippen LogP contribution in [0.1, 0.15) is 71.6 Å². The van der Waals surface area contributed by atoms with Gasteiger partial charge in [-0.2, -0.15) is 0 Å². The standard InChI is InChI=1S/C17H29NO3/c1-12(10-16(2)6-3-4-7-16)13(19)11-17(8-5-9-17)14(20)15(18)21/h12,14,20H,3-11H2,1-2H3,(H2,18,21)/t12-,14?/m0/s1. The molecule has 2 rings (SSSR count). The number of Topliss-reactive ketones (excluding diaryl/α,β-unsaturated/α-hetero) is 1. The maximum atomic E-state index is 12.5. The number of carbonyl (C=O) groups excluding carboxylic acids is 2. The minimum Gasteiger partial charge on any atom is -0.383 e. The van der Waals surface area contributed by atoms with Gasteiger partial charge in [-0.25, -0.2) is 0 Å². The monoisotopic (exact) mass is 295 g/mol. The molecule has 1 amide bonds. The summed E-state index contributed by atoms with van der Waals surface area (Å²) in [5.74, 6) is -0.508. The van der Waals surface area contributed by atoms with Crippen molar-refractivity contribution in [2.75, 3.05) is 0 Å². The molecule has 0 saturated heterocycles. The van der Waals surface area contributed by atoms with Gasteiger partial charge in [-0.05, 0) is 37.5 Å². The fourth-order valence-electron chi connectivity index (χ4n) is 4.29. The first kappa shape index (κ1) is 16.5. The van der Waals surface area contributed by atoms with Gasteiger partial charge < -0.3 is 10.8 Å². The average molecular weight is 295 g/mol. The molecule has 3 N–H and O–H groups in total. The molecule has 2 aliphatic rings. The second kappa shape index (κ2) is 6.07. The van der Waals surface area contributed by atoms with Crippen molar-refractivity contribution in [1.82, 2.24) is 0 Å². The molecule has 2 saturated carbocycles. The molecule has 0 aliphatic heterocycles. The molecule has 120 valence electrons. The van der Waals surface area contributed by atoms with E-state index in [-0.39, 0.29) is 11.7 Å². The Labute approximate surface area is 127 Å². The van der Waals surface area contributed by atoms with E-state index < -0.39 is 17.4 Å². The van der Waals surface area contributed by atoms with Crippen molar-refractivity contribution in [3.05, 3.63) is 0 Å². The number of ketones is 1. The number of hydrogen-bond acceptors (Lipinski definition) is 3. The average Bonchev–Trinajstić information content (AvgIpc) is 2.79. The molecule has 0 aromatic rings. The zero-order chi connectivity index (χ0) is 15.7. The fourth-order valence-corrected chi connectivity index (χ4v) is 4.29. The number of aliphatic hydroxyl groups excluding tert-OH is 1. The lowest BCUT2D eigenvalue weighted by Gasteiger charge is -2.44. The van der Waals surface area contributed by atoms with Gasteiger partial charge in [0.15, 0.2) is 0 Å². The lowest BCUT2D eigenvalue weighted by Crippen LogP contribution is -2.50. The second-order valence-electron chi connectivity index (χ2n) is 7.79. The molecule has 2 fully saturated rings. The predicted molar refractivity (Wildman–Crippen MR) is 81.5 cm³/mol. The van der Waals surface area contributed by atoms with Crippen LogP contribution in [0.5, 0.6) is 0 Å². The molecule has 0 spiro atoms. The van der Waals surface area contributed by atoms with Gasteiger partial charge in [-0.1, -0.05) is 33.1 Å². The number of amides is 1. The third-order valence-corrected chi connectivity index (χ3v) is 5.88. The van der Waals surface area contributed by atoms with Crippen molar-refractivity contribution in [1.29, 1.82) is 0 Å². The van der Waals surface area contributed by atoms with E-state index in [4.69, 9.17) is 5.73 Å². The maximum Gasteiger partial charge on any atom is 0.246 e. The topological polar surface area (TPSA) is 80.4 Å². The summed E-state index contributed by atoms with van der Waals surface area (Å²) in [6.45, 7) is 4.27. The van der Waals surface area contributed by atoms with Crippen molar-refractivity contribution < 1.29 is 14.7 Å². The number of hydrogen-bond donors (Lipinski definition) is 2. The summed E-state index contributed by atoms with van der Waals surface area (Å²) in [4.78, 5) is 23.8. The summed E-state index contributed by atoms with van der Waals surface area (Å²) >= 11 is 0. The van der Waals surface area contributed by atoms with E-state index in [2.05, 4.69) is 6.92 Å². The second-order valence-corrected chi connectivity index (χ2v) is 7.79. The van der Waals surface area contributed by atoms with Crippen molar-refractivity contribution in [2.45, 2.75) is 77.7 Å². The molecule has 0 heterocycles. The highest BCUT2D eigenvalue weighted by Crippen LogP contribution is 2.48. The summed E-state index contributed by atoms with van der Waals surface area (Å²) < 4.78 is 0. The Morgan fingerprint density at radius 1 is 1.14 bits per heavy atom. The normalized spacial score (nSPS) is 25.9. The summed E-state index contributed by atoms with van der Waals surface area (Å²) in [6.07, 6.45) is 7.42. The van der Waals surface area contributed by atoms with Crippen molar-refractivity contribution in [3.8, 4) is 0 Å². The van der Waals surface area contributed by atoms with Crippen LogP contribution in [0.15, 0.2) is 0 Å². The lowest BCUT2D eigenvalue weighted by molar-refractivity contribution is -0.144. The molecule has 2 atom stereocenters. The number of carbonyl (C=O) groups is 2. The van der Waals surface area contributed by atoms with Crippen molar-refractivity contribution in [2.24, 2.45) is 22.5 Å². The van der Waals surface area contributed by atoms with Crippen LogP contribution in [0.2, 0.25) is 0 Å². The molecular formula is C17H29NO3. The summed E-state index contributed by atoms with van der Waals surface area (Å²) in [5.41, 5.74) is 4.96. The van der Waals surface area contributed by atoms with E-state index in [1.807, 2.05) is 6.92 Å². The molecule has 0 bridgehead atoms. The van der Waals surface area contributed by atoms with E-state index in [0.29, 0.717) is 11.8 Å². The van der Waals surface area contributed by atoms with Crippen molar-refractivity contribution >= 4 is 11.7 Å². The fraction of sp³-hybridized carbons (Fsp3) is 0.882. The van der Waals surface area contributed by atoms with Crippen molar-refractivity contribution in [3.63, 3.8) is 0 Å². The van der Waals surface area contributed by atoms with E-state index in [1.165, 1.54) is 25.7 Å². The molecule has 0 radical (unpaired) electrons. The largest absolute Gasteiger partial charge is 0.383 e. The molecule has 0 aromatic carbocycles. The SMILES string of the molecule is C[C@@H](CC1(C)CCCC1)C(=O)CC1(C(O)C(N)=O)CCC1. The Hall–Kier alpha value is -0.900. The Balaban J connectivity index is 1.94. The molecule has 0 aromatic heterocycles. The quantitative estimate of drug-likeness (QED) is 0.757. The number of nitrogens with two attached hydrogens (primary N) is 1. The van der Waals surface area contributed by atoms with Gasteiger partial charge in [0.05, 0.1) is 0 Å². The number of rotatable bonds is 7. The molecule has 4 heteroatoms. The van der Waals surface area contributed by atoms with E-state index in [1.54, 1.807) is 0 Å². The minimum atomic E-state index is -1.18. The Morgan fingerprint density at radius 2 is 1.71 bits per heavy atom. The molecular weight excluding hydrogens is 266 g/mol. The number of primary amides is 1. The lowest BCUT2D eigenvalue weighted by atomic mass is 9.61. The first-order valence-electron chi connectivity index (χ1n) is 8.28. The van der Waals surface area contributed by atoms with Crippen LogP contribution in [0.25, 0.3) is 0 Å². The van der Waals surface area contributed by atoms with Crippen LogP contribution in [0.3, 0.4) is 0 Å². The third-order valence-electron chi connectivity index (χ3n) is 5.88. The van der Waals surface area contributed by atoms with Crippen LogP contribution in [0, 0.1) is 16.7 Å². The van der Waals surface area contributed by atoms with Gasteiger partial charge in [0.25, 0.3) is 0 Å². The van der Waals surface area contributed by atoms with E-state index >= 15 is 0 Å².